The Balaban J connectivity index is 1.92. The lowest BCUT2D eigenvalue weighted by Gasteiger charge is -2.12. The van der Waals surface area contributed by atoms with E-state index in [1.807, 2.05) is 18.2 Å². The maximum Gasteiger partial charge on any atom is 0.326 e. The molecule has 0 saturated carbocycles. The fraction of sp³-hybridized carbons (Fsp3) is 0.278. The number of pyridine rings is 1. The Morgan fingerprint density at radius 3 is 2.71 bits per heavy atom. The first-order chi connectivity index (χ1) is 11.6. The molecule has 0 bridgehead atoms. The number of rotatable bonds is 8. The van der Waals surface area contributed by atoms with Gasteiger partial charge in [-0.1, -0.05) is 25.1 Å². The molecule has 0 aliphatic carbocycles. The molecule has 1 amide bonds. The molecule has 1 aromatic heterocycles. The molecule has 1 unspecified atom stereocenters. The van der Waals surface area contributed by atoms with Crippen molar-refractivity contribution >= 4 is 11.9 Å². The fourth-order valence-corrected chi connectivity index (χ4v) is 2.16. The molecule has 1 aromatic carbocycles. The summed E-state index contributed by atoms with van der Waals surface area (Å²) in [4.78, 5) is 26.9. The van der Waals surface area contributed by atoms with Crippen molar-refractivity contribution in [3.8, 4) is 5.75 Å². The third kappa shape index (κ3) is 5.39. The Morgan fingerprint density at radius 2 is 2.04 bits per heavy atom. The highest BCUT2D eigenvalue weighted by atomic mass is 16.5. The molecule has 2 aromatic rings. The van der Waals surface area contributed by atoms with Crippen LogP contribution >= 0.6 is 0 Å². The molecule has 1 heterocycles. The van der Waals surface area contributed by atoms with Crippen molar-refractivity contribution in [3.05, 3.63) is 59.9 Å². The van der Waals surface area contributed by atoms with Gasteiger partial charge in [0.15, 0.2) is 0 Å². The molecule has 0 aliphatic rings. The molecular formula is C18H20N2O4. The number of nitrogens with zero attached hydrogens (tertiary/aromatic N) is 1. The topological polar surface area (TPSA) is 88.5 Å². The number of benzene rings is 1. The van der Waals surface area contributed by atoms with Crippen LogP contribution in [-0.4, -0.2) is 28.0 Å². The summed E-state index contributed by atoms with van der Waals surface area (Å²) in [5.41, 5.74) is 1.71. The van der Waals surface area contributed by atoms with Gasteiger partial charge >= 0.3 is 5.97 Å². The molecule has 0 saturated heterocycles. The zero-order chi connectivity index (χ0) is 17.4. The van der Waals surface area contributed by atoms with Crippen LogP contribution in [0.15, 0.2) is 48.8 Å². The average Bonchev–Trinajstić information content (AvgIpc) is 2.59. The van der Waals surface area contributed by atoms with E-state index >= 15 is 0 Å². The first-order valence-corrected chi connectivity index (χ1v) is 7.71. The van der Waals surface area contributed by atoms with Gasteiger partial charge in [0.25, 0.3) is 0 Å². The predicted octanol–water partition coefficient (Wildman–Crippen LogP) is 2.18. The molecule has 0 fully saturated rings. The van der Waals surface area contributed by atoms with E-state index in [9.17, 15) is 9.59 Å². The van der Waals surface area contributed by atoms with E-state index < -0.39 is 12.0 Å². The van der Waals surface area contributed by atoms with Crippen LogP contribution < -0.4 is 10.1 Å². The van der Waals surface area contributed by atoms with Crippen LogP contribution in [-0.2, 0) is 22.6 Å². The maximum atomic E-state index is 12.0. The summed E-state index contributed by atoms with van der Waals surface area (Å²) in [6.07, 6.45) is 3.88. The smallest absolute Gasteiger partial charge is 0.326 e. The van der Waals surface area contributed by atoms with E-state index in [-0.39, 0.29) is 12.3 Å². The van der Waals surface area contributed by atoms with E-state index in [0.717, 1.165) is 11.1 Å². The zero-order valence-corrected chi connectivity index (χ0v) is 13.4. The van der Waals surface area contributed by atoms with Crippen LogP contribution in [0.5, 0.6) is 5.75 Å². The summed E-state index contributed by atoms with van der Waals surface area (Å²) < 4.78 is 5.69. The number of carbonyl (C=O) groups excluding carboxylic acids is 1. The number of carbonyl (C=O) groups is 2. The van der Waals surface area contributed by atoms with Gasteiger partial charge in [-0.3, -0.25) is 9.78 Å². The molecule has 6 nitrogen and oxygen atoms in total. The lowest BCUT2D eigenvalue weighted by Crippen LogP contribution is -2.40. The third-order valence-corrected chi connectivity index (χ3v) is 3.43. The molecule has 126 valence electrons. The lowest BCUT2D eigenvalue weighted by atomic mass is 10.1. The molecular weight excluding hydrogens is 308 g/mol. The van der Waals surface area contributed by atoms with Gasteiger partial charge in [-0.05, 0) is 30.2 Å². The Kier molecular flexibility index (Phi) is 6.31. The predicted molar refractivity (Wildman–Crippen MR) is 88.6 cm³/mol. The first-order valence-electron chi connectivity index (χ1n) is 7.71. The second-order valence-corrected chi connectivity index (χ2v) is 5.34. The Labute approximate surface area is 140 Å². The number of amides is 1. The van der Waals surface area contributed by atoms with Crippen molar-refractivity contribution in [1.82, 2.24) is 10.3 Å². The van der Waals surface area contributed by atoms with Gasteiger partial charge in [-0.15, -0.1) is 0 Å². The summed E-state index contributed by atoms with van der Waals surface area (Å²) >= 11 is 0. The highest BCUT2D eigenvalue weighted by Crippen LogP contribution is 2.15. The summed E-state index contributed by atoms with van der Waals surface area (Å²) in [5, 5.41) is 11.5. The number of aliphatic carboxylic acids is 1. The van der Waals surface area contributed by atoms with Gasteiger partial charge in [-0.2, -0.15) is 0 Å². The number of hydrogen-bond acceptors (Lipinski definition) is 4. The van der Waals surface area contributed by atoms with Crippen LogP contribution in [0.3, 0.4) is 0 Å². The summed E-state index contributed by atoms with van der Waals surface area (Å²) in [6, 6.07) is 10.1. The highest BCUT2D eigenvalue weighted by Gasteiger charge is 2.17. The van der Waals surface area contributed by atoms with Crippen LogP contribution in [0.2, 0.25) is 0 Å². The number of carboxylic acid groups (broad SMARTS) is 1. The zero-order valence-electron chi connectivity index (χ0n) is 13.4. The molecule has 24 heavy (non-hydrogen) atoms. The SMILES string of the molecule is CCC(NC(=O)Cc1cccc(OCc2cccnc2)c1)C(=O)O. The molecule has 0 spiro atoms. The van der Waals surface area contributed by atoms with Gasteiger partial charge in [0.05, 0.1) is 6.42 Å². The van der Waals surface area contributed by atoms with Gasteiger partial charge in [-0.25, -0.2) is 4.79 Å². The number of nitrogens with one attached hydrogen (secondary N) is 1. The van der Waals surface area contributed by atoms with E-state index in [0.29, 0.717) is 18.8 Å². The van der Waals surface area contributed by atoms with Crippen LogP contribution in [0, 0.1) is 0 Å². The van der Waals surface area contributed by atoms with Crippen LogP contribution in [0.1, 0.15) is 24.5 Å². The molecule has 1 atom stereocenters. The molecule has 0 aliphatic heterocycles. The minimum atomic E-state index is -1.03. The van der Waals surface area contributed by atoms with Gasteiger partial charge in [0, 0.05) is 18.0 Å². The molecule has 0 radical (unpaired) electrons. The quantitative estimate of drug-likeness (QED) is 0.775. The van der Waals surface area contributed by atoms with Crippen LogP contribution in [0.25, 0.3) is 0 Å². The van der Waals surface area contributed by atoms with E-state index in [4.69, 9.17) is 9.84 Å². The monoisotopic (exact) mass is 328 g/mol. The largest absolute Gasteiger partial charge is 0.489 e. The normalized spacial score (nSPS) is 11.5. The summed E-state index contributed by atoms with van der Waals surface area (Å²) in [5.74, 6) is -0.706. The number of hydrogen-bond donors (Lipinski definition) is 2. The van der Waals surface area contributed by atoms with Crippen molar-refractivity contribution in [2.75, 3.05) is 0 Å². The first kappa shape index (κ1) is 17.5. The minimum Gasteiger partial charge on any atom is -0.489 e. The van der Waals surface area contributed by atoms with Crippen molar-refractivity contribution in [3.63, 3.8) is 0 Å². The second-order valence-electron chi connectivity index (χ2n) is 5.34. The Morgan fingerprint density at radius 1 is 1.25 bits per heavy atom. The fourth-order valence-electron chi connectivity index (χ4n) is 2.16. The van der Waals surface area contributed by atoms with Gasteiger partial charge < -0.3 is 15.2 Å². The van der Waals surface area contributed by atoms with E-state index in [1.165, 1.54) is 0 Å². The summed E-state index contributed by atoms with van der Waals surface area (Å²) in [6.45, 7) is 2.10. The lowest BCUT2D eigenvalue weighted by molar-refractivity contribution is -0.141. The number of carboxylic acids is 1. The Hall–Kier alpha value is -2.89. The minimum absolute atomic E-state index is 0.105. The van der Waals surface area contributed by atoms with Crippen molar-refractivity contribution in [2.45, 2.75) is 32.4 Å². The number of ether oxygens (including phenoxy) is 1. The van der Waals surface area contributed by atoms with Crippen molar-refractivity contribution < 1.29 is 19.4 Å². The average molecular weight is 328 g/mol. The molecule has 2 N–H and O–H groups in total. The standard InChI is InChI=1S/C18H20N2O4/c1-2-16(18(22)23)20-17(21)10-13-5-3-7-15(9-13)24-12-14-6-4-8-19-11-14/h3-9,11,16H,2,10,12H2,1H3,(H,20,21)(H,22,23). The van der Waals surface area contributed by atoms with Gasteiger partial charge in [0.2, 0.25) is 5.91 Å². The van der Waals surface area contributed by atoms with Gasteiger partial charge in [0.1, 0.15) is 18.4 Å². The number of aromatic nitrogens is 1. The third-order valence-electron chi connectivity index (χ3n) is 3.43. The van der Waals surface area contributed by atoms with E-state index in [2.05, 4.69) is 10.3 Å². The molecule has 6 heteroatoms. The Bertz CT molecular complexity index is 688. The van der Waals surface area contributed by atoms with Crippen molar-refractivity contribution in [2.24, 2.45) is 0 Å². The summed E-state index contributed by atoms with van der Waals surface area (Å²) in [7, 11) is 0. The van der Waals surface area contributed by atoms with E-state index in [1.54, 1.807) is 37.5 Å². The molecule has 2 rings (SSSR count). The van der Waals surface area contributed by atoms with Crippen LogP contribution in [0.4, 0.5) is 0 Å². The maximum absolute atomic E-state index is 12.0. The second kappa shape index (κ2) is 8.67. The van der Waals surface area contributed by atoms with Crippen molar-refractivity contribution in [1.29, 1.82) is 0 Å². The highest BCUT2D eigenvalue weighted by molar-refractivity contribution is 5.84.